The van der Waals surface area contributed by atoms with Gasteiger partial charge >= 0.3 is 22.8 Å². The van der Waals surface area contributed by atoms with E-state index in [-0.39, 0.29) is 90.8 Å². The Morgan fingerprint density at radius 1 is 0.362 bits per heavy atom. The van der Waals surface area contributed by atoms with Gasteiger partial charge in [0.05, 0.1) is 35.2 Å². The average Bonchev–Trinajstić information content (AvgIpc) is 3.27. The Kier molecular flexibility index (Phi) is 15.5. The molecule has 15 nitrogen and oxygen atoms in total. The fourth-order valence-electron chi connectivity index (χ4n) is 7.29. The van der Waals surface area contributed by atoms with Crippen LogP contribution < -0.4 is 13.7 Å². The van der Waals surface area contributed by atoms with E-state index in [0.29, 0.717) is 0 Å². The van der Waals surface area contributed by atoms with Gasteiger partial charge in [-0.25, -0.2) is 55.0 Å². The highest BCUT2D eigenvalue weighted by Crippen LogP contribution is 2.38. The summed E-state index contributed by atoms with van der Waals surface area (Å²) >= 11 is 0. The minimum absolute atomic E-state index is 0.143. The van der Waals surface area contributed by atoms with Crippen LogP contribution in [0.2, 0.25) is 0 Å². The zero-order valence-electron chi connectivity index (χ0n) is 36.0. The summed E-state index contributed by atoms with van der Waals surface area (Å²) in [7, 11) is -12.7. The first kappa shape index (κ1) is 51.0. The standard InChI is InChI=1S/C45H39F6N6O9P3/c46-37-25-34(40(49)22-31(37)28-4-13-55(14-5-28)10-1-19-67(58,59)60)43-52-44(35-26-38(47)32(23-41(35)50)29-6-15-56(16-7-29)11-2-20-68(61,62)63)54-45(53-43)36-27-39(48)33(24-42(36)51)30-8-17-57(18-9-30)12-3-21-69(64,65)66/h4-9,13-18,22-27H,1-3,10-12,19-21H2,(H3-3,58,59,60,61,62,63,64,65,66)/p+3. The fourth-order valence-corrected chi connectivity index (χ4v) is 8.95. The van der Waals surface area contributed by atoms with Crippen LogP contribution in [-0.2, 0) is 33.3 Å². The second-order valence-corrected chi connectivity index (χ2v) is 21.3. The Morgan fingerprint density at radius 2 is 0.565 bits per heavy atom. The summed E-state index contributed by atoms with van der Waals surface area (Å²) in [6.07, 6.45) is 8.39. The first-order valence-corrected chi connectivity index (χ1v) is 26.3. The summed E-state index contributed by atoms with van der Waals surface area (Å²) in [5.41, 5.74) is -1.89. The van der Waals surface area contributed by atoms with Crippen molar-refractivity contribution in [3.05, 3.63) is 145 Å². The molecule has 69 heavy (non-hydrogen) atoms. The third-order valence-electron chi connectivity index (χ3n) is 10.7. The van der Waals surface area contributed by atoms with Crippen molar-refractivity contribution in [1.29, 1.82) is 0 Å². The smallest absolute Gasteiger partial charge is 0.324 e. The zero-order chi connectivity index (χ0) is 49.8. The lowest BCUT2D eigenvalue weighted by Gasteiger charge is -2.13. The number of aromatic nitrogens is 6. The molecule has 0 aliphatic rings. The van der Waals surface area contributed by atoms with E-state index >= 15 is 26.3 Å². The zero-order valence-corrected chi connectivity index (χ0v) is 38.6. The van der Waals surface area contributed by atoms with Crippen molar-refractivity contribution >= 4 is 22.8 Å². The van der Waals surface area contributed by atoms with E-state index in [1.54, 1.807) is 13.7 Å². The summed E-state index contributed by atoms with van der Waals surface area (Å²) in [6, 6.07) is 13.4. The van der Waals surface area contributed by atoms with Crippen molar-refractivity contribution in [2.75, 3.05) is 18.5 Å². The molecule has 0 unspecified atom stereocenters. The van der Waals surface area contributed by atoms with Gasteiger partial charge in [-0.1, -0.05) is 0 Å². The van der Waals surface area contributed by atoms with Crippen LogP contribution in [0.5, 0.6) is 0 Å². The van der Waals surface area contributed by atoms with E-state index in [0.717, 1.165) is 36.4 Å². The highest BCUT2D eigenvalue weighted by Gasteiger charge is 2.25. The van der Waals surface area contributed by atoms with Gasteiger partial charge in [0, 0.05) is 72.4 Å². The topological polar surface area (TPSA) is 223 Å². The molecule has 0 bridgehead atoms. The Labute approximate surface area is 389 Å². The normalized spacial score (nSPS) is 12.2. The van der Waals surface area contributed by atoms with Crippen molar-refractivity contribution in [3.63, 3.8) is 0 Å². The van der Waals surface area contributed by atoms with Crippen molar-refractivity contribution < 1.29 is 83.1 Å². The predicted molar refractivity (Wildman–Crippen MR) is 237 cm³/mol. The molecule has 0 spiro atoms. The number of hydrogen-bond acceptors (Lipinski definition) is 6. The maximum absolute atomic E-state index is 16.2. The van der Waals surface area contributed by atoms with Crippen LogP contribution >= 0.6 is 22.8 Å². The molecule has 6 N–H and O–H groups in total. The highest BCUT2D eigenvalue weighted by atomic mass is 31.2. The SMILES string of the molecule is O=P(O)(O)CCC[n+]1ccc(-c2cc(F)c(-c3nc(-c4cc(F)c(-c5cc[n+](CCCP(=O)(O)O)cc5)cc4F)nc(-c4cc(F)c(-c5cc[n+](CCCP(=O)(O)O)cc5)cc4F)n3)cc2F)cc1. The molecule has 0 saturated carbocycles. The van der Waals surface area contributed by atoms with E-state index in [9.17, 15) is 13.7 Å². The van der Waals surface area contributed by atoms with Gasteiger partial charge in [-0.2, -0.15) is 0 Å². The Bertz CT molecular complexity index is 2830. The van der Waals surface area contributed by atoms with Crippen molar-refractivity contribution in [1.82, 2.24) is 15.0 Å². The second kappa shape index (κ2) is 21.0. The molecular weight excluding hydrogens is 975 g/mol. The van der Waals surface area contributed by atoms with Gasteiger partial charge in [-0.3, -0.25) is 13.7 Å². The van der Waals surface area contributed by atoms with Gasteiger partial charge < -0.3 is 29.4 Å². The molecule has 3 aromatic carbocycles. The van der Waals surface area contributed by atoms with E-state index in [1.165, 1.54) is 73.6 Å². The van der Waals surface area contributed by atoms with E-state index in [1.807, 2.05) is 0 Å². The largest absolute Gasteiger partial charge is 0.325 e. The van der Waals surface area contributed by atoms with Crippen molar-refractivity contribution in [2.45, 2.75) is 38.9 Å². The maximum atomic E-state index is 16.2. The van der Waals surface area contributed by atoms with Crippen LogP contribution in [-0.4, -0.2) is 62.8 Å². The molecule has 0 fully saturated rings. The molecular formula is C45H42F6N6O9P3+3. The van der Waals surface area contributed by atoms with Crippen LogP contribution in [0, 0.1) is 34.9 Å². The molecule has 360 valence electrons. The second-order valence-electron chi connectivity index (χ2n) is 15.9. The van der Waals surface area contributed by atoms with Crippen LogP contribution in [0.1, 0.15) is 19.3 Å². The summed E-state index contributed by atoms with van der Waals surface area (Å²) in [4.78, 5) is 67.3. The summed E-state index contributed by atoms with van der Waals surface area (Å²) in [5.74, 6) is -8.30. The average molecular weight is 1020 g/mol. The molecule has 7 rings (SSSR count). The third kappa shape index (κ3) is 13.5. The molecule has 4 heterocycles. The summed E-state index contributed by atoms with van der Waals surface area (Å²) in [5, 5.41) is 0. The number of pyridine rings is 3. The van der Waals surface area contributed by atoms with Gasteiger partial charge in [0.15, 0.2) is 54.7 Å². The number of benzene rings is 3. The molecule has 0 aliphatic heterocycles. The summed E-state index contributed by atoms with van der Waals surface area (Å²) in [6.45, 7) is 0.672. The van der Waals surface area contributed by atoms with Crippen LogP contribution in [0.4, 0.5) is 26.3 Å². The van der Waals surface area contributed by atoms with Gasteiger partial charge in [-0.05, 0) is 53.1 Å². The van der Waals surface area contributed by atoms with E-state index in [2.05, 4.69) is 15.0 Å². The summed E-state index contributed by atoms with van der Waals surface area (Å²) < 4.78 is 135. The van der Waals surface area contributed by atoms with Gasteiger partial charge in [0.1, 0.15) is 54.5 Å². The minimum Gasteiger partial charge on any atom is -0.324 e. The monoisotopic (exact) mass is 1020 g/mol. The molecule has 0 amide bonds. The van der Waals surface area contributed by atoms with Crippen molar-refractivity contribution in [3.8, 4) is 67.5 Å². The molecule has 24 heteroatoms. The number of hydrogen-bond donors (Lipinski definition) is 6. The fraction of sp³-hybridized carbons (Fsp3) is 0.200. The van der Waals surface area contributed by atoms with Gasteiger partial charge in [0.25, 0.3) is 0 Å². The molecule has 0 aliphatic carbocycles. The number of aryl methyl sites for hydroxylation is 3. The predicted octanol–water partition coefficient (Wildman–Crippen LogP) is 7.27. The number of rotatable bonds is 18. The highest BCUT2D eigenvalue weighted by molar-refractivity contribution is 7.52. The van der Waals surface area contributed by atoms with E-state index < -0.39 is 91.9 Å². The molecule has 0 atom stereocenters. The van der Waals surface area contributed by atoms with Gasteiger partial charge in [0.2, 0.25) is 0 Å². The van der Waals surface area contributed by atoms with E-state index in [4.69, 9.17) is 29.4 Å². The lowest BCUT2D eigenvalue weighted by atomic mass is 10.0. The third-order valence-corrected chi connectivity index (χ3v) is 13.4. The van der Waals surface area contributed by atoms with Crippen molar-refractivity contribution in [2.24, 2.45) is 0 Å². The quantitative estimate of drug-likeness (QED) is 0.0284. The maximum Gasteiger partial charge on any atom is 0.325 e. The first-order chi connectivity index (χ1) is 32.5. The molecule has 4 aromatic heterocycles. The van der Waals surface area contributed by atoms with Crippen LogP contribution in [0.15, 0.2) is 110 Å². The van der Waals surface area contributed by atoms with Crippen LogP contribution in [0.3, 0.4) is 0 Å². The van der Waals surface area contributed by atoms with Gasteiger partial charge in [-0.15, -0.1) is 0 Å². The van der Waals surface area contributed by atoms with Crippen LogP contribution in [0.25, 0.3) is 67.5 Å². The molecule has 7 aromatic rings. The Balaban J connectivity index is 1.26. The lowest BCUT2D eigenvalue weighted by Crippen LogP contribution is -2.32. The minimum atomic E-state index is -4.22. The first-order valence-electron chi connectivity index (χ1n) is 20.9. The lowest BCUT2D eigenvalue weighted by molar-refractivity contribution is -0.696. The Morgan fingerprint density at radius 3 is 0.783 bits per heavy atom. The number of nitrogens with zero attached hydrogens (tertiary/aromatic N) is 6. The number of halogens is 6. The molecule has 0 radical (unpaired) electrons. The molecule has 0 saturated heterocycles. The Hall–Kier alpha value is -5.85.